The number of rotatable bonds is 3. The van der Waals surface area contributed by atoms with Gasteiger partial charge in [-0.25, -0.2) is 9.59 Å². The first-order valence-electron chi connectivity index (χ1n) is 10.2. The summed E-state index contributed by atoms with van der Waals surface area (Å²) in [5.74, 6) is -12.5. The molecule has 0 saturated carbocycles. The Hall–Kier alpha value is -3.50. The van der Waals surface area contributed by atoms with Crippen molar-refractivity contribution in [3.63, 3.8) is 0 Å². The van der Waals surface area contributed by atoms with E-state index in [1.165, 1.54) is 0 Å². The molecule has 3 heterocycles. The number of esters is 3. The fourth-order valence-electron chi connectivity index (χ4n) is 4.42. The Labute approximate surface area is 194 Å². The summed E-state index contributed by atoms with van der Waals surface area (Å²) in [6, 6.07) is 0.646. The summed E-state index contributed by atoms with van der Waals surface area (Å²) in [5, 5.41) is 70.7. The number of hydrogen-bond donors (Lipinski definition) is 7. The largest absolute Gasteiger partial charge is 0.504 e. The molecule has 8 atom stereocenters. The Balaban J connectivity index is 1.98. The highest BCUT2D eigenvalue weighted by Gasteiger charge is 2.54. The predicted molar refractivity (Wildman–Crippen MR) is 103 cm³/mol. The van der Waals surface area contributed by atoms with E-state index in [-0.39, 0.29) is 0 Å². The van der Waals surface area contributed by atoms with Gasteiger partial charge in [-0.15, -0.1) is 0 Å². The van der Waals surface area contributed by atoms with Crippen LogP contribution in [-0.4, -0.2) is 103 Å². The highest BCUT2D eigenvalue weighted by Crippen LogP contribution is 2.51. The fourth-order valence-corrected chi connectivity index (χ4v) is 4.42. The van der Waals surface area contributed by atoms with Gasteiger partial charge in [-0.2, -0.15) is 0 Å². The van der Waals surface area contributed by atoms with Crippen LogP contribution in [-0.2, 0) is 28.6 Å². The molecule has 15 nitrogen and oxygen atoms in total. The Bertz CT molecular complexity index is 1080. The zero-order valence-corrected chi connectivity index (χ0v) is 17.5. The van der Waals surface area contributed by atoms with Crippen molar-refractivity contribution < 1.29 is 73.9 Å². The van der Waals surface area contributed by atoms with Crippen LogP contribution in [0.3, 0.4) is 0 Å². The first-order valence-corrected chi connectivity index (χ1v) is 10.2. The van der Waals surface area contributed by atoms with Gasteiger partial charge in [-0.1, -0.05) is 0 Å². The zero-order chi connectivity index (χ0) is 25.8. The molecular weight excluding hydrogens is 480 g/mol. The van der Waals surface area contributed by atoms with Gasteiger partial charge in [0.05, 0.1) is 24.5 Å². The van der Waals surface area contributed by atoms with Crippen LogP contribution in [0.15, 0.2) is 6.07 Å². The fraction of sp³-hybridized carbons (Fsp3) is 0.500. The van der Waals surface area contributed by atoms with E-state index in [0.29, 0.717) is 6.07 Å². The molecule has 35 heavy (non-hydrogen) atoms. The topological polar surface area (TPSA) is 247 Å². The van der Waals surface area contributed by atoms with Gasteiger partial charge in [0.25, 0.3) is 0 Å². The number of phenols is 2. The van der Waals surface area contributed by atoms with Gasteiger partial charge in [0, 0.05) is 11.5 Å². The third kappa shape index (κ3) is 4.02. The van der Waals surface area contributed by atoms with Gasteiger partial charge in [-0.3, -0.25) is 9.59 Å². The van der Waals surface area contributed by atoms with E-state index in [0.717, 1.165) is 0 Å². The number of carboxylic acids is 1. The number of fused-ring (bicyclic) bond motifs is 2. The Morgan fingerprint density at radius 3 is 2.31 bits per heavy atom. The molecule has 0 radical (unpaired) electrons. The number of aliphatic carboxylic acids is 1. The third-order valence-corrected chi connectivity index (χ3v) is 6.05. The normalized spacial score (nSPS) is 34.6. The van der Waals surface area contributed by atoms with E-state index in [1.807, 2.05) is 0 Å². The summed E-state index contributed by atoms with van der Waals surface area (Å²) < 4.78 is 20.2. The number of aliphatic hydroxyl groups excluding tert-OH is 4. The molecule has 0 aromatic heterocycles. The summed E-state index contributed by atoms with van der Waals surface area (Å²) in [4.78, 5) is 50.2. The molecule has 0 unspecified atom stereocenters. The average Bonchev–Trinajstić information content (AvgIpc) is 2.80. The van der Waals surface area contributed by atoms with Gasteiger partial charge >= 0.3 is 23.9 Å². The summed E-state index contributed by atoms with van der Waals surface area (Å²) in [7, 11) is 0. The summed E-state index contributed by atoms with van der Waals surface area (Å²) in [5.41, 5.74) is -1.24. The second kappa shape index (κ2) is 8.94. The Morgan fingerprint density at radius 2 is 1.69 bits per heavy atom. The van der Waals surface area contributed by atoms with Crippen molar-refractivity contribution in [3.05, 3.63) is 17.2 Å². The molecule has 1 aromatic rings. The van der Waals surface area contributed by atoms with Gasteiger partial charge in [0.1, 0.15) is 12.2 Å². The standard InChI is InChI=1S/C20H20O15/c21-3-7-14-13(27)16(20(31)32-7)35-17(28)4-1-6(22)11(25)15-10(4)9(12(26)19(30)34-15)5(2-8(23)24)18(29)33-14/h1,5,7,9,12-14,16,20-22,25-27,31H,2-3H2,(H,23,24)/t5-,7+,9-,12-,13-,14+,16+,20+/m0/s1. The average molecular weight is 500 g/mol. The number of ether oxygens (including phenoxy) is 4. The minimum Gasteiger partial charge on any atom is -0.504 e. The van der Waals surface area contributed by atoms with Crippen molar-refractivity contribution >= 4 is 23.9 Å². The molecule has 15 heteroatoms. The molecular formula is C20H20O15. The molecule has 4 rings (SSSR count). The van der Waals surface area contributed by atoms with Crippen LogP contribution in [0.25, 0.3) is 0 Å². The number of carbonyl (C=O) groups excluding carboxylic acids is 3. The van der Waals surface area contributed by atoms with Crippen molar-refractivity contribution in [1.82, 2.24) is 0 Å². The third-order valence-electron chi connectivity index (χ3n) is 6.05. The number of aliphatic hydroxyl groups is 4. The van der Waals surface area contributed by atoms with E-state index in [2.05, 4.69) is 0 Å². The van der Waals surface area contributed by atoms with Gasteiger partial charge in [0.15, 0.2) is 36.1 Å². The lowest BCUT2D eigenvalue weighted by Crippen LogP contribution is -2.61. The SMILES string of the molecule is O=C(O)C[C@@H]1C(=O)O[C@H]2[C@H](O)[C@@H](OC(=O)c3cc(O)c(O)c4c3[C@H]1[C@H](O)C(=O)O4)[C@H](O)O[C@@H]2CO. The molecule has 0 spiro atoms. The van der Waals surface area contributed by atoms with Crippen LogP contribution < -0.4 is 4.74 Å². The van der Waals surface area contributed by atoms with Crippen molar-refractivity contribution in [1.29, 1.82) is 0 Å². The van der Waals surface area contributed by atoms with Crippen molar-refractivity contribution in [2.24, 2.45) is 5.92 Å². The maximum Gasteiger partial charge on any atom is 0.341 e. The highest BCUT2D eigenvalue weighted by molar-refractivity contribution is 5.97. The smallest absolute Gasteiger partial charge is 0.341 e. The Kier molecular flexibility index (Phi) is 6.29. The van der Waals surface area contributed by atoms with Crippen LogP contribution in [0.1, 0.15) is 28.3 Å². The molecule has 3 aliphatic heterocycles. The predicted octanol–water partition coefficient (Wildman–Crippen LogP) is -2.93. The molecule has 3 aliphatic rings. The van der Waals surface area contributed by atoms with E-state index in [9.17, 15) is 54.9 Å². The zero-order valence-electron chi connectivity index (χ0n) is 17.5. The van der Waals surface area contributed by atoms with Crippen LogP contribution in [0, 0.1) is 5.92 Å². The van der Waals surface area contributed by atoms with Crippen LogP contribution in [0.4, 0.5) is 0 Å². The maximum atomic E-state index is 13.2. The molecule has 0 aliphatic carbocycles. The van der Waals surface area contributed by atoms with Crippen molar-refractivity contribution in [2.75, 3.05) is 6.61 Å². The number of phenolic OH excluding ortho intramolecular Hbond substituents is 2. The summed E-state index contributed by atoms with van der Waals surface area (Å²) >= 11 is 0. The summed E-state index contributed by atoms with van der Waals surface area (Å²) in [6.07, 6.45) is -12.5. The van der Waals surface area contributed by atoms with Crippen LogP contribution >= 0.6 is 0 Å². The van der Waals surface area contributed by atoms with Crippen molar-refractivity contribution in [2.45, 2.75) is 49.1 Å². The lowest BCUT2D eigenvalue weighted by Gasteiger charge is -2.41. The molecule has 2 bridgehead atoms. The van der Waals surface area contributed by atoms with Gasteiger partial charge < -0.3 is 54.7 Å². The second-order valence-electron chi connectivity index (χ2n) is 8.14. The Morgan fingerprint density at radius 1 is 1.00 bits per heavy atom. The molecule has 190 valence electrons. The number of carboxylic acid groups (broad SMARTS) is 1. The first kappa shape index (κ1) is 24.6. The van der Waals surface area contributed by atoms with Gasteiger partial charge in [0.2, 0.25) is 5.75 Å². The number of hydrogen-bond acceptors (Lipinski definition) is 14. The lowest BCUT2D eigenvalue weighted by molar-refractivity contribution is -0.289. The monoisotopic (exact) mass is 500 g/mol. The number of benzene rings is 1. The second-order valence-corrected chi connectivity index (χ2v) is 8.14. The minimum absolute atomic E-state index is 0.555. The quantitative estimate of drug-likeness (QED) is 0.125. The molecule has 1 aromatic carbocycles. The molecule has 1 saturated heterocycles. The van der Waals surface area contributed by atoms with E-state index < -0.39 is 114 Å². The maximum absolute atomic E-state index is 13.2. The minimum atomic E-state index is -2.24. The van der Waals surface area contributed by atoms with Crippen LogP contribution in [0.2, 0.25) is 0 Å². The van der Waals surface area contributed by atoms with E-state index in [4.69, 9.17) is 18.9 Å². The lowest BCUT2D eigenvalue weighted by atomic mass is 9.76. The molecule has 1 fully saturated rings. The molecule has 7 N–H and O–H groups in total. The van der Waals surface area contributed by atoms with E-state index in [1.54, 1.807) is 0 Å². The first-order chi connectivity index (χ1) is 16.5. The van der Waals surface area contributed by atoms with Crippen LogP contribution in [0.5, 0.6) is 17.2 Å². The van der Waals surface area contributed by atoms with Gasteiger partial charge in [-0.05, 0) is 6.07 Å². The van der Waals surface area contributed by atoms with E-state index >= 15 is 0 Å². The summed E-state index contributed by atoms with van der Waals surface area (Å²) in [6.45, 7) is -0.888. The number of aromatic hydroxyl groups is 2. The number of carbonyl (C=O) groups is 4. The van der Waals surface area contributed by atoms with Crippen molar-refractivity contribution in [3.8, 4) is 17.2 Å². The highest BCUT2D eigenvalue weighted by atomic mass is 16.7. The molecule has 0 amide bonds.